The second kappa shape index (κ2) is 30.5. The molecule has 0 radical (unpaired) electrons. The van der Waals surface area contributed by atoms with Gasteiger partial charge >= 0.3 is 308 Å². The molecular weight excluding hydrogens is 619 g/mol. The van der Waals surface area contributed by atoms with Crippen LogP contribution in [0.25, 0.3) is 0 Å². The Kier molecular flexibility index (Phi) is 70.5. The van der Waals surface area contributed by atoms with Gasteiger partial charge < -0.3 is 27.3 Å². The molecule has 0 amide bonds. The minimum absolute atomic E-state index is 0. The third-order valence-corrected chi connectivity index (χ3v) is 0.750. The smallest absolute Gasteiger partial charge is 0.759 e. The van der Waals surface area contributed by atoms with Crippen LogP contribution in [-0.2, 0) is 50.3 Å². The van der Waals surface area contributed by atoms with Crippen LogP contribution >= 0.6 is 0 Å². The second-order valence-corrected chi connectivity index (χ2v) is 5.31. The normalized spacial score (nSPS) is 9.62. The van der Waals surface area contributed by atoms with Gasteiger partial charge in [-0.05, 0) is 0 Å². The van der Waals surface area contributed by atoms with Crippen molar-refractivity contribution in [2.45, 2.75) is 0 Å². The predicted molar refractivity (Wildman–Crippen MR) is 42.5 cm³/mol. The van der Waals surface area contributed by atoms with Crippen LogP contribution < -0.4 is 308 Å². The molecule has 0 aliphatic heterocycles. The van der Waals surface area contributed by atoms with Crippen LogP contribution in [0.3, 0.4) is 0 Å². The molecule has 0 aromatic heterocycles. The van der Waals surface area contributed by atoms with E-state index in [2.05, 4.69) is 8.67 Å². The van der Waals surface area contributed by atoms with Crippen molar-refractivity contribution in [3.05, 3.63) is 0 Å². The summed E-state index contributed by atoms with van der Waals surface area (Å²) in [6.07, 6.45) is 0. The predicted octanol–water partition coefficient (Wildman–Crippen LogP) is -22.8. The van der Waals surface area contributed by atoms with E-state index in [0.29, 0.717) is 0 Å². The Morgan fingerprint density at radius 2 is 0.462 bits per heavy atom. The van der Waals surface area contributed by atoms with Crippen molar-refractivity contribution >= 4 is 41.6 Å². The van der Waals surface area contributed by atoms with Gasteiger partial charge in [-0.2, -0.15) is 0 Å². The molecular formula is K6O16S4. The van der Waals surface area contributed by atoms with E-state index in [9.17, 15) is 25.9 Å². The van der Waals surface area contributed by atoms with Gasteiger partial charge in [-0.25, -0.2) is 16.8 Å². The van der Waals surface area contributed by atoms with Crippen LogP contribution in [0.1, 0.15) is 0 Å². The van der Waals surface area contributed by atoms with E-state index < -0.39 is 41.6 Å². The first-order chi connectivity index (χ1) is 8.21. The van der Waals surface area contributed by atoms with Gasteiger partial charge in [-0.1, -0.05) is 0 Å². The van der Waals surface area contributed by atoms with Crippen molar-refractivity contribution in [1.82, 2.24) is 0 Å². The number of hydrogen-bond donors (Lipinski definition) is 0. The molecule has 0 heterocycles. The minimum atomic E-state index is -5.31. The summed E-state index contributed by atoms with van der Waals surface area (Å²) in [6.45, 7) is 0. The Morgan fingerprint density at radius 3 is 0.500 bits per heavy atom. The average Bonchev–Trinajstić information content (AvgIpc) is 1.90. The Labute approximate surface area is 405 Å². The molecule has 0 saturated heterocycles. The van der Waals surface area contributed by atoms with Crippen molar-refractivity contribution in [2.24, 2.45) is 0 Å². The van der Waals surface area contributed by atoms with E-state index in [-0.39, 0.29) is 308 Å². The molecule has 0 aliphatic carbocycles. The molecule has 0 atom stereocenters. The zero-order valence-electron chi connectivity index (χ0n) is 14.2. The van der Waals surface area contributed by atoms with Crippen molar-refractivity contribution in [3.63, 3.8) is 0 Å². The van der Waals surface area contributed by atoms with Gasteiger partial charge in [0.2, 0.25) is 20.8 Å². The fourth-order valence-electron chi connectivity index (χ4n) is 0.0680. The molecule has 0 N–H and O–H groups in total. The van der Waals surface area contributed by atoms with Gasteiger partial charge in [0, 0.05) is 20.8 Å². The summed E-state index contributed by atoms with van der Waals surface area (Å²) in [5, 5.41) is 0. The summed E-state index contributed by atoms with van der Waals surface area (Å²) in [5.41, 5.74) is 0. The summed E-state index contributed by atoms with van der Waals surface area (Å²) in [6, 6.07) is 0. The van der Waals surface area contributed by atoms with E-state index in [1.807, 2.05) is 0 Å². The van der Waals surface area contributed by atoms with E-state index in [0.717, 1.165) is 0 Å². The SMILES string of the molecule is O=S(=O)([O-])OOS(=O)(=O)[O-].O=S(=O)([O-])[O-].O=S(=O)([O-])[O-].[K+].[K+].[K+].[K+].[K+].[K+]. The first-order valence-corrected chi connectivity index (χ1v) is 8.17. The summed E-state index contributed by atoms with van der Waals surface area (Å²) >= 11 is 0. The summed E-state index contributed by atoms with van der Waals surface area (Å²) in [5.74, 6) is 0. The third-order valence-electron chi connectivity index (χ3n) is 0.194. The van der Waals surface area contributed by atoms with Crippen LogP contribution in [0.5, 0.6) is 0 Å². The van der Waals surface area contributed by atoms with E-state index in [4.69, 9.17) is 35.0 Å². The molecule has 26 heteroatoms. The largest absolute Gasteiger partial charge is 1.00 e. The first-order valence-electron chi connectivity index (χ1n) is 2.83. The molecule has 0 unspecified atom stereocenters. The molecule has 126 valence electrons. The Balaban J connectivity index is -0.0000000229. The molecule has 0 spiro atoms. The summed E-state index contributed by atoms with van der Waals surface area (Å²) in [7, 11) is -21.0. The standard InChI is InChI=1S/6K.H2O8S2.2H2O4S/c;;;;;;1-9(2,3)7-8-10(4,5)6;2*1-5(2,3)4/h;;;;;;(H,1,2,3)(H,4,5,6);2*(H2,1,2,3,4)/q6*+1;;;/p-6. The molecule has 0 aliphatic rings. The third kappa shape index (κ3) is 131. The molecule has 26 heavy (non-hydrogen) atoms. The minimum Gasteiger partial charge on any atom is -0.759 e. The summed E-state index contributed by atoms with van der Waals surface area (Å²) in [4.78, 5) is 0. The zero-order chi connectivity index (χ0) is 17.4. The van der Waals surface area contributed by atoms with E-state index in [1.54, 1.807) is 0 Å². The molecule has 0 saturated carbocycles. The Morgan fingerprint density at radius 1 is 0.385 bits per heavy atom. The van der Waals surface area contributed by atoms with Crippen LogP contribution in [0.2, 0.25) is 0 Å². The van der Waals surface area contributed by atoms with E-state index in [1.165, 1.54) is 0 Å². The van der Waals surface area contributed by atoms with Gasteiger partial charge in [-0.15, -0.1) is 8.67 Å². The zero-order valence-corrected chi connectivity index (χ0v) is 36.2. The Hall–Kier alpha value is 9.30. The van der Waals surface area contributed by atoms with Crippen LogP contribution in [-0.4, -0.2) is 61.0 Å². The molecule has 0 aromatic carbocycles. The molecule has 0 aromatic rings. The quantitative estimate of drug-likeness (QED) is 0.0931. The maximum atomic E-state index is 9.37. The first kappa shape index (κ1) is 60.0. The number of hydrogen-bond acceptors (Lipinski definition) is 16. The van der Waals surface area contributed by atoms with E-state index >= 15 is 0 Å². The van der Waals surface area contributed by atoms with Crippen molar-refractivity contribution < 1.29 is 378 Å². The van der Waals surface area contributed by atoms with Gasteiger partial charge in [-0.3, -0.25) is 16.8 Å². The molecule has 0 bridgehead atoms. The van der Waals surface area contributed by atoms with Gasteiger partial charge in [0.25, 0.3) is 0 Å². The fraction of sp³-hybridized carbons (Fsp3) is 0. The summed E-state index contributed by atoms with van der Waals surface area (Å²) < 4.78 is 130. The number of rotatable bonds is 3. The van der Waals surface area contributed by atoms with Gasteiger partial charge in [0.15, 0.2) is 0 Å². The molecule has 16 nitrogen and oxygen atoms in total. The maximum absolute atomic E-state index is 9.37. The Bertz CT molecular complexity index is 591. The topological polar surface area (TPSA) is 293 Å². The maximum Gasteiger partial charge on any atom is 1.00 e. The van der Waals surface area contributed by atoms with Crippen molar-refractivity contribution in [3.8, 4) is 0 Å². The van der Waals surface area contributed by atoms with Crippen molar-refractivity contribution in [1.29, 1.82) is 0 Å². The van der Waals surface area contributed by atoms with Gasteiger partial charge in [0.05, 0.1) is 0 Å². The van der Waals surface area contributed by atoms with Crippen LogP contribution in [0.4, 0.5) is 0 Å². The average molecular weight is 619 g/mol. The second-order valence-electron chi connectivity index (χ2n) is 1.77. The fourth-order valence-corrected chi connectivity index (χ4v) is 0.612. The van der Waals surface area contributed by atoms with Crippen LogP contribution in [0, 0.1) is 0 Å². The molecule has 0 fully saturated rings. The molecule has 0 rings (SSSR count). The van der Waals surface area contributed by atoms with Crippen molar-refractivity contribution in [2.75, 3.05) is 0 Å². The monoisotopic (exact) mass is 618 g/mol. The van der Waals surface area contributed by atoms with Crippen LogP contribution in [0.15, 0.2) is 0 Å². The van der Waals surface area contributed by atoms with Gasteiger partial charge in [0.1, 0.15) is 0 Å².